The van der Waals surface area contributed by atoms with Crippen molar-refractivity contribution in [3.63, 3.8) is 0 Å². The number of carbonyl (C=O) groups excluding carboxylic acids is 1. The van der Waals surface area contributed by atoms with Gasteiger partial charge in [-0.2, -0.15) is 0 Å². The molecule has 26 heavy (non-hydrogen) atoms. The number of benzene rings is 1. The number of rotatable bonds is 8. The zero-order chi connectivity index (χ0) is 19.1. The van der Waals surface area contributed by atoms with Crippen LogP contribution in [0.2, 0.25) is 0 Å². The van der Waals surface area contributed by atoms with Gasteiger partial charge in [0.15, 0.2) is 0 Å². The zero-order valence-corrected chi connectivity index (χ0v) is 14.9. The largest absolute Gasteiger partial charge is 0.475 e. The highest BCUT2D eigenvalue weighted by Gasteiger charge is 2.37. The number of aliphatic hydroxyl groups is 1. The molecule has 7 nitrogen and oxygen atoms in total. The van der Waals surface area contributed by atoms with E-state index in [1.54, 1.807) is 30.3 Å². The van der Waals surface area contributed by atoms with E-state index in [4.69, 9.17) is 14.2 Å². The molecule has 7 heteroatoms. The van der Waals surface area contributed by atoms with Gasteiger partial charge in [0.2, 0.25) is 12.0 Å². The van der Waals surface area contributed by atoms with Crippen LogP contribution in [0, 0.1) is 5.92 Å². The van der Waals surface area contributed by atoms with Crippen molar-refractivity contribution >= 4 is 11.9 Å². The van der Waals surface area contributed by atoms with Gasteiger partial charge in [-0.15, -0.1) is 0 Å². The third kappa shape index (κ3) is 4.62. The van der Waals surface area contributed by atoms with Crippen LogP contribution in [0.25, 0.3) is 0 Å². The minimum atomic E-state index is -1.16. The second-order valence-corrected chi connectivity index (χ2v) is 5.95. The summed E-state index contributed by atoms with van der Waals surface area (Å²) in [5, 5.41) is 18.5. The monoisotopic (exact) mass is 364 g/mol. The van der Waals surface area contributed by atoms with Crippen LogP contribution in [0.4, 0.5) is 0 Å². The second kappa shape index (κ2) is 9.35. The maximum Gasteiger partial charge on any atom is 0.370 e. The maximum atomic E-state index is 11.6. The van der Waals surface area contributed by atoms with Gasteiger partial charge in [-0.1, -0.05) is 12.1 Å². The summed E-state index contributed by atoms with van der Waals surface area (Å²) in [5.41, 5.74) is 1.26. The molecule has 0 fully saturated rings. The van der Waals surface area contributed by atoms with E-state index >= 15 is 0 Å². The van der Waals surface area contributed by atoms with E-state index in [0.29, 0.717) is 25.0 Å². The molecule has 3 atom stereocenters. The van der Waals surface area contributed by atoms with E-state index in [9.17, 15) is 19.8 Å². The van der Waals surface area contributed by atoms with Gasteiger partial charge in [-0.3, -0.25) is 0 Å². The number of hydrogen-bond acceptors (Lipinski definition) is 6. The number of esters is 1. The summed E-state index contributed by atoms with van der Waals surface area (Å²) in [6.45, 7) is 2.21. The highest BCUT2D eigenvalue weighted by molar-refractivity contribution is 5.89. The SMILES string of the molecule is CCO[C@@H]1OC(C(=O)O)=C[C@H](c2ccc(C(=O)OC)cc2)[C@H]1CCCO. The van der Waals surface area contributed by atoms with E-state index in [2.05, 4.69) is 0 Å². The summed E-state index contributed by atoms with van der Waals surface area (Å²) in [5.74, 6) is -2.19. The van der Waals surface area contributed by atoms with Gasteiger partial charge < -0.3 is 24.4 Å². The fourth-order valence-corrected chi connectivity index (χ4v) is 3.10. The Morgan fingerprint density at radius 1 is 1.23 bits per heavy atom. The van der Waals surface area contributed by atoms with Crippen molar-refractivity contribution in [2.75, 3.05) is 20.3 Å². The standard InChI is InChI=1S/C19H24O7/c1-3-25-19-14(5-4-10-20)15(11-16(26-19)17(21)22)12-6-8-13(9-7-12)18(23)24-2/h6-9,11,14-15,19-20H,3-5,10H2,1-2H3,(H,21,22)/t14-,15-,19-/m1/s1. The van der Waals surface area contributed by atoms with E-state index < -0.39 is 18.2 Å². The molecule has 1 aromatic rings. The number of carboxylic acid groups (broad SMARTS) is 1. The molecular weight excluding hydrogens is 340 g/mol. The molecule has 0 aromatic heterocycles. The van der Waals surface area contributed by atoms with Crippen molar-refractivity contribution in [3.8, 4) is 0 Å². The Kier molecular flexibility index (Phi) is 7.17. The Labute approximate surface area is 152 Å². The van der Waals surface area contributed by atoms with Gasteiger partial charge in [0.1, 0.15) is 0 Å². The third-order valence-corrected chi connectivity index (χ3v) is 4.34. The van der Waals surface area contributed by atoms with E-state index in [-0.39, 0.29) is 24.2 Å². The van der Waals surface area contributed by atoms with Crippen LogP contribution in [0.5, 0.6) is 0 Å². The highest BCUT2D eigenvalue weighted by atomic mass is 16.7. The van der Waals surface area contributed by atoms with Gasteiger partial charge in [0.25, 0.3) is 0 Å². The minimum Gasteiger partial charge on any atom is -0.475 e. The Morgan fingerprint density at radius 2 is 1.92 bits per heavy atom. The van der Waals surface area contributed by atoms with Gasteiger partial charge in [-0.05, 0) is 43.5 Å². The van der Waals surface area contributed by atoms with Crippen molar-refractivity contribution in [3.05, 3.63) is 47.2 Å². The summed E-state index contributed by atoms with van der Waals surface area (Å²) >= 11 is 0. The highest BCUT2D eigenvalue weighted by Crippen LogP contribution is 2.39. The van der Waals surface area contributed by atoms with Crippen LogP contribution in [-0.4, -0.2) is 48.8 Å². The van der Waals surface area contributed by atoms with Gasteiger partial charge in [-0.25, -0.2) is 9.59 Å². The number of hydrogen-bond donors (Lipinski definition) is 2. The molecule has 0 bridgehead atoms. The molecule has 0 saturated heterocycles. The predicted molar refractivity (Wildman–Crippen MR) is 92.6 cm³/mol. The molecule has 2 rings (SSSR count). The Hall–Kier alpha value is -2.38. The molecule has 1 heterocycles. The molecule has 0 amide bonds. The van der Waals surface area contributed by atoms with E-state index in [1.807, 2.05) is 6.92 Å². The Morgan fingerprint density at radius 3 is 2.46 bits per heavy atom. The van der Waals surface area contributed by atoms with Crippen molar-refractivity contribution in [1.82, 2.24) is 0 Å². The van der Waals surface area contributed by atoms with Crippen LogP contribution in [-0.2, 0) is 19.0 Å². The van der Waals surface area contributed by atoms with Gasteiger partial charge >= 0.3 is 11.9 Å². The minimum absolute atomic E-state index is 0.0266. The fourth-order valence-electron chi connectivity index (χ4n) is 3.10. The summed E-state index contributed by atoms with van der Waals surface area (Å²) in [7, 11) is 1.31. The third-order valence-electron chi connectivity index (χ3n) is 4.34. The molecule has 0 unspecified atom stereocenters. The fraction of sp³-hybridized carbons (Fsp3) is 0.474. The number of methoxy groups -OCH3 is 1. The van der Waals surface area contributed by atoms with E-state index in [1.165, 1.54) is 7.11 Å². The van der Waals surface area contributed by atoms with Crippen LogP contribution < -0.4 is 0 Å². The molecule has 0 radical (unpaired) electrons. The van der Waals surface area contributed by atoms with Gasteiger partial charge in [0.05, 0.1) is 12.7 Å². The van der Waals surface area contributed by atoms with Crippen LogP contribution in [0.3, 0.4) is 0 Å². The summed E-state index contributed by atoms with van der Waals surface area (Å²) in [6, 6.07) is 6.83. The molecular formula is C19H24O7. The summed E-state index contributed by atoms with van der Waals surface area (Å²) < 4.78 is 15.8. The molecule has 1 aromatic carbocycles. The van der Waals surface area contributed by atoms with Crippen LogP contribution >= 0.6 is 0 Å². The predicted octanol–water partition coefficient (Wildman–Crippen LogP) is 2.31. The first-order valence-corrected chi connectivity index (χ1v) is 8.54. The summed E-state index contributed by atoms with van der Waals surface area (Å²) in [4.78, 5) is 23.0. The number of allylic oxidation sites excluding steroid dienone is 1. The summed E-state index contributed by atoms with van der Waals surface area (Å²) in [6.07, 6.45) is 2.00. The molecule has 1 aliphatic rings. The first-order chi connectivity index (χ1) is 12.5. The number of aliphatic hydroxyl groups excluding tert-OH is 1. The van der Waals surface area contributed by atoms with Crippen molar-refractivity contribution in [2.24, 2.45) is 5.92 Å². The normalized spacial score (nSPS) is 22.3. The lowest BCUT2D eigenvalue weighted by Gasteiger charge is -2.36. The van der Waals surface area contributed by atoms with E-state index in [0.717, 1.165) is 5.56 Å². The van der Waals surface area contributed by atoms with Crippen LogP contribution in [0.1, 0.15) is 41.6 Å². The van der Waals surface area contributed by atoms with Gasteiger partial charge in [0, 0.05) is 25.0 Å². The van der Waals surface area contributed by atoms with Crippen molar-refractivity contribution in [2.45, 2.75) is 32.0 Å². The molecule has 0 aliphatic carbocycles. The lowest BCUT2D eigenvalue weighted by atomic mass is 9.80. The topological polar surface area (TPSA) is 102 Å². The first kappa shape index (κ1) is 19.9. The Bertz CT molecular complexity index is 650. The van der Waals surface area contributed by atoms with Crippen molar-refractivity contribution < 1.29 is 34.0 Å². The number of carbonyl (C=O) groups is 2. The average molecular weight is 364 g/mol. The Balaban J connectivity index is 2.38. The molecule has 1 aliphatic heterocycles. The number of carboxylic acids is 1. The second-order valence-electron chi connectivity index (χ2n) is 5.95. The van der Waals surface area contributed by atoms with Crippen molar-refractivity contribution in [1.29, 1.82) is 0 Å². The number of ether oxygens (including phenoxy) is 3. The molecule has 0 saturated carbocycles. The quantitative estimate of drug-likeness (QED) is 0.682. The number of aliphatic carboxylic acids is 1. The molecule has 2 N–H and O–H groups in total. The zero-order valence-electron chi connectivity index (χ0n) is 14.9. The first-order valence-electron chi connectivity index (χ1n) is 8.54. The molecule has 0 spiro atoms. The smallest absolute Gasteiger partial charge is 0.370 e. The maximum absolute atomic E-state index is 11.6. The lowest BCUT2D eigenvalue weighted by molar-refractivity contribution is -0.173. The molecule has 142 valence electrons. The lowest BCUT2D eigenvalue weighted by Crippen LogP contribution is -2.36. The van der Waals surface area contributed by atoms with Crippen LogP contribution in [0.15, 0.2) is 36.1 Å². The average Bonchev–Trinajstić information content (AvgIpc) is 2.66.